The molecule has 2 saturated heterocycles. The maximum atomic E-state index is 12.7. The Balaban J connectivity index is 1.14. The predicted octanol–water partition coefficient (Wildman–Crippen LogP) is 3.77. The summed E-state index contributed by atoms with van der Waals surface area (Å²) in [4.78, 5) is 47.2. The van der Waals surface area contributed by atoms with E-state index in [-0.39, 0.29) is 0 Å². The number of amides is 4. The van der Waals surface area contributed by atoms with Gasteiger partial charge in [-0.2, -0.15) is 5.26 Å². The molecule has 1 spiro atoms. The molecule has 2 aliphatic rings. The minimum absolute atomic E-state index is 0.294. The first-order chi connectivity index (χ1) is 19.0. The molecule has 4 aromatic rings. The Morgan fingerprint density at radius 1 is 0.897 bits per heavy atom. The first-order valence-electron chi connectivity index (χ1n) is 12.1. The van der Waals surface area contributed by atoms with Gasteiger partial charge in [0.25, 0.3) is 11.8 Å². The van der Waals surface area contributed by atoms with Crippen LogP contribution < -0.4 is 20.3 Å². The van der Waals surface area contributed by atoms with Gasteiger partial charge in [-0.1, -0.05) is 0 Å². The first kappa shape index (κ1) is 23.9. The molecule has 2 fully saturated rings. The number of hydrogen-bond acceptors (Lipinski definition) is 9. The van der Waals surface area contributed by atoms with E-state index in [1.807, 2.05) is 12.1 Å². The summed E-state index contributed by atoms with van der Waals surface area (Å²) in [5.74, 6) is 0.634. The number of nitrogens with one attached hydrogen (secondary N) is 2. The number of imide groups is 2. The molecule has 6 rings (SSSR count). The maximum absolute atomic E-state index is 12.7. The second-order valence-electron chi connectivity index (χ2n) is 9.05. The third-order valence-corrected chi connectivity index (χ3v) is 6.75. The van der Waals surface area contributed by atoms with Gasteiger partial charge in [0.15, 0.2) is 11.3 Å². The summed E-state index contributed by atoms with van der Waals surface area (Å²) in [7, 11) is 0. The number of aromatic nitrogens is 2. The van der Waals surface area contributed by atoms with Crippen LogP contribution in [0.25, 0.3) is 22.8 Å². The Morgan fingerprint density at radius 2 is 1.62 bits per heavy atom. The predicted molar refractivity (Wildman–Crippen MR) is 137 cm³/mol. The first-order valence-corrected chi connectivity index (χ1v) is 12.1. The van der Waals surface area contributed by atoms with Crippen molar-refractivity contribution in [2.75, 3.05) is 11.4 Å². The van der Waals surface area contributed by atoms with E-state index in [2.05, 4.69) is 26.7 Å². The zero-order chi connectivity index (χ0) is 27.0. The highest BCUT2D eigenvalue weighted by atomic mass is 16.5. The second kappa shape index (κ2) is 9.42. The Kier molecular flexibility index (Phi) is 5.77. The van der Waals surface area contributed by atoms with E-state index >= 15 is 0 Å². The zero-order valence-corrected chi connectivity index (χ0v) is 20.4. The lowest BCUT2D eigenvalue weighted by atomic mass is 9.92. The van der Waals surface area contributed by atoms with E-state index in [4.69, 9.17) is 14.4 Å². The molecule has 0 bridgehead atoms. The largest absolute Gasteiger partial charge is 0.439 e. The molecular weight excluding hydrogens is 500 g/mol. The van der Waals surface area contributed by atoms with Crippen LogP contribution in [0.4, 0.5) is 10.5 Å². The highest BCUT2D eigenvalue weighted by Gasteiger charge is 2.57. The standard InChI is InChI=1S/C28H20N6O5/c29-14-17-2-4-18(5-3-17)22-16-31-24(39-22)19-6-9-21(10-7-19)38-23-11-8-20(15-30-23)34-13-1-12-28(34)25(35)32-27(37)33-26(28)36/h2-11,15-16H,1,12-13H2,(H2,32,33,35,36,37). The third-order valence-electron chi connectivity index (χ3n) is 6.75. The van der Waals surface area contributed by atoms with Gasteiger partial charge < -0.3 is 14.1 Å². The molecule has 11 heteroatoms. The lowest BCUT2D eigenvalue weighted by Gasteiger charge is -2.38. The third kappa shape index (κ3) is 4.23. The van der Waals surface area contributed by atoms with E-state index in [1.165, 1.54) is 6.20 Å². The van der Waals surface area contributed by atoms with Crippen LogP contribution in [0.3, 0.4) is 0 Å². The van der Waals surface area contributed by atoms with Gasteiger partial charge >= 0.3 is 6.03 Å². The van der Waals surface area contributed by atoms with Gasteiger partial charge in [0, 0.05) is 23.7 Å². The van der Waals surface area contributed by atoms with Crippen LogP contribution in [0.15, 0.2) is 77.5 Å². The molecule has 11 nitrogen and oxygen atoms in total. The summed E-state index contributed by atoms with van der Waals surface area (Å²) >= 11 is 0. The number of anilines is 1. The highest BCUT2D eigenvalue weighted by molar-refractivity contribution is 6.24. The summed E-state index contributed by atoms with van der Waals surface area (Å²) in [6.45, 7) is 0.464. The Hall–Kier alpha value is -5.50. The van der Waals surface area contributed by atoms with Crippen molar-refractivity contribution in [3.05, 3.63) is 78.6 Å². The lowest BCUT2D eigenvalue weighted by Crippen LogP contribution is -2.71. The molecule has 2 N–H and O–H groups in total. The van der Waals surface area contributed by atoms with Gasteiger partial charge in [-0.05, 0) is 67.4 Å². The molecule has 39 heavy (non-hydrogen) atoms. The monoisotopic (exact) mass is 520 g/mol. The molecule has 0 unspecified atom stereocenters. The summed E-state index contributed by atoms with van der Waals surface area (Å²) < 4.78 is 11.8. The van der Waals surface area contributed by atoms with E-state index < -0.39 is 23.4 Å². The van der Waals surface area contributed by atoms with Gasteiger partial charge in [-0.15, -0.1) is 0 Å². The van der Waals surface area contributed by atoms with Crippen molar-refractivity contribution >= 4 is 23.5 Å². The Bertz CT molecular complexity index is 1600. The fourth-order valence-electron chi connectivity index (χ4n) is 4.82. The number of pyridine rings is 1. The number of hydrogen-bond donors (Lipinski definition) is 2. The van der Waals surface area contributed by atoms with Gasteiger partial charge in [0.2, 0.25) is 11.8 Å². The van der Waals surface area contributed by atoms with Crippen LogP contribution in [0.5, 0.6) is 11.6 Å². The minimum Gasteiger partial charge on any atom is -0.439 e. The number of urea groups is 1. The topological polar surface area (TPSA) is 150 Å². The van der Waals surface area contributed by atoms with Crippen molar-refractivity contribution in [3.63, 3.8) is 0 Å². The maximum Gasteiger partial charge on any atom is 0.328 e. The van der Waals surface area contributed by atoms with Crippen LogP contribution in [-0.2, 0) is 9.59 Å². The number of nitrogens with zero attached hydrogens (tertiary/aromatic N) is 4. The molecule has 0 atom stereocenters. The van der Waals surface area contributed by atoms with Crippen LogP contribution in [0.1, 0.15) is 18.4 Å². The van der Waals surface area contributed by atoms with E-state index in [1.54, 1.807) is 59.6 Å². The van der Waals surface area contributed by atoms with E-state index in [0.717, 1.165) is 11.1 Å². The van der Waals surface area contributed by atoms with Gasteiger partial charge in [-0.25, -0.2) is 14.8 Å². The summed E-state index contributed by atoms with van der Waals surface area (Å²) in [6.07, 6.45) is 4.07. The molecule has 2 aromatic heterocycles. The summed E-state index contributed by atoms with van der Waals surface area (Å²) in [6, 6.07) is 18.9. The number of nitriles is 1. The van der Waals surface area contributed by atoms with E-state index in [0.29, 0.717) is 53.9 Å². The van der Waals surface area contributed by atoms with Crippen molar-refractivity contribution in [2.45, 2.75) is 18.4 Å². The molecule has 192 valence electrons. The summed E-state index contributed by atoms with van der Waals surface area (Å²) in [5, 5.41) is 13.4. The van der Waals surface area contributed by atoms with Crippen LogP contribution in [0, 0.1) is 11.3 Å². The fourth-order valence-corrected chi connectivity index (χ4v) is 4.82. The quantitative estimate of drug-likeness (QED) is 0.375. The van der Waals surface area contributed by atoms with Crippen LogP contribution in [0.2, 0.25) is 0 Å². The Morgan fingerprint density at radius 3 is 2.28 bits per heavy atom. The minimum atomic E-state index is -1.48. The average Bonchev–Trinajstić information content (AvgIpc) is 3.62. The molecular formula is C28H20N6O5. The molecule has 0 radical (unpaired) electrons. The van der Waals surface area contributed by atoms with Crippen molar-refractivity contribution in [1.29, 1.82) is 5.26 Å². The van der Waals surface area contributed by atoms with Crippen LogP contribution in [-0.4, -0.2) is 39.9 Å². The van der Waals surface area contributed by atoms with Gasteiger partial charge in [0.05, 0.1) is 29.7 Å². The van der Waals surface area contributed by atoms with Gasteiger partial charge in [0.1, 0.15) is 5.75 Å². The highest BCUT2D eigenvalue weighted by Crippen LogP contribution is 2.36. The molecule has 2 aliphatic heterocycles. The van der Waals surface area contributed by atoms with E-state index in [9.17, 15) is 14.4 Å². The normalized spacial score (nSPS) is 16.1. The van der Waals surface area contributed by atoms with Gasteiger partial charge in [-0.3, -0.25) is 20.2 Å². The fraction of sp³-hybridized carbons (Fsp3) is 0.143. The summed E-state index contributed by atoms with van der Waals surface area (Å²) in [5.41, 5.74) is 1.23. The lowest BCUT2D eigenvalue weighted by molar-refractivity contribution is -0.137. The number of oxazole rings is 1. The van der Waals surface area contributed by atoms with Crippen molar-refractivity contribution < 1.29 is 23.5 Å². The average molecular weight is 521 g/mol. The number of carbonyl (C=O) groups excluding carboxylic acids is 3. The number of ether oxygens (including phenoxy) is 1. The smallest absolute Gasteiger partial charge is 0.328 e. The molecule has 4 heterocycles. The Labute approximate surface area is 222 Å². The molecule has 4 amide bonds. The van der Waals surface area contributed by atoms with Crippen molar-refractivity contribution in [1.82, 2.24) is 20.6 Å². The number of rotatable bonds is 5. The zero-order valence-electron chi connectivity index (χ0n) is 20.4. The number of benzene rings is 2. The molecule has 0 aliphatic carbocycles. The van der Waals surface area contributed by atoms with Crippen LogP contribution >= 0.6 is 0 Å². The second-order valence-corrected chi connectivity index (χ2v) is 9.05. The van der Waals surface area contributed by atoms with Crippen molar-refractivity contribution in [3.8, 4) is 40.5 Å². The molecule has 0 saturated carbocycles. The number of carbonyl (C=O) groups is 3. The van der Waals surface area contributed by atoms with Crippen molar-refractivity contribution in [2.24, 2.45) is 0 Å². The molecule has 2 aromatic carbocycles. The number of barbiturate groups is 1. The SMILES string of the molecule is N#Cc1ccc(-c2cnc(-c3ccc(Oc4ccc(N5CCCC56C(=O)NC(=O)NC6=O)cn4)cc3)o2)cc1.